The minimum absolute atomic E-state index is 0.244. The zero-order chi connectivity index (χ0) is 10.6. The molecule has 0 spiro atoms. The number of amides is 1. The Kier molecular flexibility index (Phi) is 3.33. The molecule has 0 aromatic rings. The van der Waals surface area contributed by atoms with Crippen LogP contribution >= 0.6 is 0 Å². The zero-order valence-corrected chi connectivity index (χ0v) is 7.79. The van der Waals surface area contributed by atoms with Crippen LogP contribution in [0.2, 0.25) is 0 Å². The SMILES string of the molecule is CCCCOC(=O)C1=NNC(=O)C1=N. The van der Waals surface area contributed by atoms with E-state index in [4.69, 9.17) is 10.1 Å². The predicted molar refractivity (Wildman–Crippen MR) is 49.2 cm³/mol. The first kappa shape index (κ1) is 10.4. The van der Waals surface area contributed by atoms with Gasteiger partial charge in [-0.15, -0.1) is 0 Å². The Bertz CT molecular complexity index is 309. The van der Waals surface area contributed by atoms with Crippen molar-refractivity contribution >= 4 is 23.3 Å². The van der Waals surface area contributed by atoms with Crippen molar-refractivity contribution in [1.82, 2.24) is 5.43 Å². The fourth-order valence-electron chi connectivity index (χ4n) is 0.851. The predicted octanol–water partition coefficient (Wildman–Crippen LogP) is -0.165. The second kappa shape index (κ2) is 4.50. The molecule has 14 heavy (non-hydrogen) atoms. The molecule has 6 nitrogen and oxygen atoms in total. The molecule has 1 rings (SSSR count). The third-order valence-electron chi connectivity index (χ3n) is 1.66. The molecule has 1 aliphatic heterocycles. The van der Waals surface area contributed by atoms with Gasteiger partial charge in [0.2, 0.25) is 0 Å². The van der Waals surface area contributed by atoms with Gasteiger partial charge in [-0.25, -0.2) is 10.2 Å². The summed E-state index contributed by atoms with van der Waals surface area (Å²) in [7, 11) is 0. The van der Waals surface area contributed by atoms with Crippen LogP contribution in [0.4, 0.5) is 0 Å². The van der Waals surface area contributed by atoms with Crippen LogP contribution in [0.25, 0.3) is 0 Å². The number of hydrogen-bond acceptors (Lipinski definition) is 5. The normalized spacial score (nSPS) is 15.1. The molecule has 0 atom stereocenters. The van der Waals surface area contributed by atoms with Crippen molar-refractivity contribution in [2.24, 2.45) is 5.10 Å². The van der Waals surface area contributed by atoms with E-state index in [0.717, 1.165) is 12.8 Å². The molecule has 0 unspecified atom stereocenters. The van der Waals surface area contributed by atoms with E-state index < -0.39 is 17.6 Å². The summed E-state index contributed by atoms with van der Waals surface area (Å²) in [5.74, 6) is -1.39. The average Bonchev–Trinajstić information content (AvgIpc) is 2.48. The maximum absolute atomic E-state index is 11.2. The van der Waals surface area contributed by atoms with Crippen LogP contribution in [0.3, 0.4) is 0 Å². The Balaban J connectivity index is 2.46. The van der Waals surface area contributed by atoms with Crippen molar-refractivity contribution in [2.45, 2.75) is 19.8 Å². The van der Waals surface area contributed by atoms with Crippen molar-refractivity contribution in [2.75, 3.05) is 6.61 Å². The molecule has 2 N–H and O–H groups in total. The van der Waals surface area contributed by atoms with Crippen LogP contribution in [0, 0.1) is 5.41 Å². The van der Waals surface area contributed by atoms with Gasteiger partial charge in [-0.3, -0.25) is 10.2 Å². The third kappa shape index (κ3) is 2.15. The first-order valence-electron chi connectivity index (χ1n) is 4.31. The summed E-state index contributed by atoms with van der Waals surface area (Å²) < 4.78 is 4.78. The number of nitrogens with one attached hydrogen (secondary N) is 2. The highest BCUT2D eigenvalue weighted by Gasteiger charge is 2.29. The van der Waals surface area contributed by atoms with E-state index in [-0.39, 0.29) is 12.3 Å². The summed E-state index contributed by atoms with van der Waals surface area (Å²) in [5.41, 5.74) is 1.33. The Morgan fingerprint density at radius 1 is 1.64 bits per heavy atom. The number of carbonyl (C=O) groups excluding carboxylic acids is 2. The lowest BCUT2D eigenvalue weighted by Gasteiger charge is -2.01. The number of carbonyl (C=O) groups is 2. The van der Waals surface area contributed by atoms with Crippen molar-refractivity contribution < 1.29 is 14.3 Å². The first-order valence-corrected chi connectivity index (χ1v) is 4.31. The minimum Gasteiger partial charge on any atom is -0.461 e. The van der Waals surface area contributed by atoms with E-state index in [9.17, 15) is 9.59 Å². The van der Waals surface area contributed by atoms with Gasteiger partial charge in [0.1, 0.15) is 0 Å². The molecule has 1 amide bonds. The summed E-state index contributed by atoms with van der Waals surface area (Å²) in [6, 6.07) is 0. The van der Waals surface area contributed by atoms with Crippen molar-refractivity contribution in [3.05, 3.63) is 0 Å². The molecule has 0 radical (unpaired) electrons. The number of unbranched alkanes of at least 4 members (excludes halogenated alkanes) is 1. The van der Waals surface area contributed by atoms with Crippen molar-refractivity contribution in [3.63, 3.8) is 0 Å². The number of esters is 1. The molecule has 6 heteroatoms. The second-order valence-corrected chi connectivity index (χ2v) is 2.77. The number of ether oxygens (including phenoxy) is 1. The van der Waals surface area contributed by atoms with Crippen LogP contribution in [-0.2, 0) is 14.3 Å². The average molecular weight is 197 g/mol. The molecule has 1 aliphatic rings. The molecule has 1 heterocycles. The van der Waals surface area contributed by atoms with Gasteiger partial charge in [-0.05, 0) is 6.42 Å². The van der Waals surface area contributed by atoms with E-state index in [1.165, 1.54) is 0 Å². The summed E-state index contributed by atoms with van der Waals surface area (Å²) in [6.45, 7) is 2.25. The maximum atomic E-state index is 11.2. The van der Waals surface area contributed by atoms with Crippen LogP contribution in [0.5, 0.6) is 0 Å². The molecule has 0 bridgehead atoms. The van der Waals surface area contributed by atoms with Gasteiger partial charge in [0, 0.05) is 0 Å². The van der Waals surface area contributed by atoms with E-state index in [0.29, 0.717) is 0 Å². The molecular formula is C8H11N3O3. The molecule has 0 aromatic carbocycles. The Hall–Kier alpha value is -1.72. The molecule has 0 aliphatic carbocycles. The number of rotatable bonds is 4. The fraction of sp³-hybridized carbons (Fsp3) is 0.500. The van der Waals surface area contributed by atoms with E-state index in [2.05, 4.69) is 5.10 Å². The van der Waals surface area contributed by atoms with Crippen LogP contribution in [0.15, 0.2) is 5.10 Å². The van der Waals surface area contributed by atoms with Crippen molar-refractivity contribution in [1.29, 1.82) is 5.41 Å². The highest BCUT2D eigenvalue weighted by molar-refractivity contribution is 6.80. The lowest BCUT2D eigenvalue weighted by Crippen LogP contribution is -2.28. The van der Waals surface area contributed by atoms with E-state index in [1.54, 1.807) is 0 Å². The second-order valence-electron chi connectivity index (χ2n) is 2.77. The van der Waals surface area contributed by atoms with E-state index in [1.807, 2.05) is 12.3 Å². The maximum Gasteiger partial charge on any atom is 0.361 e. The van der Waals surface area contributed by atoms with Gasteiger partial charge >= 0.3 is 5.97 Å². The molecule has 0 fully saturated rings. The smallest absolute Gasteiger partial charge is 0.361 e. The Morgan fingerprint density at radius 3 is 2.86 bits per heavy atom. The summed E-state index contributed by atoms with van der Waals surface area (Å²) in [4.78, 5) is 22.0. The standard InChI is InChI=1S/C8H11N3O3/c1-2-3-4-14-8(13)6-5(9)7(12)11-10-6/h2-4H2,1H3,(H2,9,11,12). The van der Waals surface area contributed by atoms with Gasteiger partial charge in [-0.1, -0.05) is 13.3 Å². The van der Waals surface area contributed by atoms with Crippen LogP contribution in [0.1, 0.15) is 19.8 Å². The number of nitrogens with zero attached hydrogens (tertiary/aromatic N) is 1. The lowest BCUT2D eigenvalue weighted by atomic mass is 10.2. The molecule has 0 aromatic heterocycles. The monoisotopic (exact) mass is 197 g/mol. The summed E-state index contributed by atoms with van der Waals surface area (Å²) in [5, 5.41) is 10.6. The Labute approximate surface area is 80.8 Å². The third-order valence-corrected chi connectivity index (χ3v) is 1.66. The van der Waals surface area contributed by atoms with Gasteiger partial charge in [-0.2, -0.15) is 5.10 Å². The van der Waals surface area contributed by atoms with E-state index >= 15 is 0 Å². The molecule has 0 saturated carbocycles. The molecule has 76 valence electrons. The number of hydrogen-bond donors (Lipinski definition) is 2. The highest BCUT2D eigenvalue weighted by atomic mass is 16.5. The summed E-state index contributed by atoms with van der Waals surface area (Å²) in [6.07, 6.45) is 1.67. The molecular weight excluding hydrogens is 186 g/mol. The van der Waals surface area contributed by atoms with Gasteiger partial charge in [0.05, 0.1) is 6.61 Å². The Morgan fingerprint density at radius 2 is 2.36 bits per heavy atom. The lowest BCUT2D eigenvalue weighted by molar-refractivity contribution is -0.135. The summed E-state index contributed by atoms with van der Waals surface area (Å²) >= 11 is 0. The van der Waals surface area contributed by atoms with Gasteiger partial charge in [0.25, 0.3) is 5.91 Å². The highest BCUT2D eigenvalue weighted by Crippen LogP contribution is 1.96. The largest absolute Gasteiger partial charge is 0.461 e. The minimum atomic E-state index is -0.721. The van der Waals surface area contributed by atoms with Gasteiger partial charge < -0.3 is 4.74 Å². The van der Waals surface area contributed by atoms with Crippen molar-refractivity contribution in [3.8, 4) is 0 Å². The topological polar surface area (TPSA) is 91.6 Å². The number of hydrazone groups is 1. The quantitative estimate of drug-likeness (QED) is 0.484. The van der Waals surface area contributed by atoms with Crippen LogP contribution in [-0.4, -0.2) is 29.9 Å². The zero-order valence-electron chi connectivity index (χ0n) is 7.79. The van der Waals surface area contributed by atoms with Gasteiger partial charge in [0.15, 0.2) is 11.4 Å². The van der Waals surface area contributed by atoms with Crippen LogP contribution < -0.4 is 5.43 Å². The fourth-order valence-corrected chi connectivity index (χ4v) is 0.851. The first-order chi connectivity index (χ1) is 6.66. The molecule has 0 saturated heterocycles.